The Balaban J connectivity index is 1.36. The van der Waals surface area contributed by atoms with Crippen LogP contribution in [0.3, 0.4) is 0 Å². The first kappa shape index (κ1) is 27.4. The monoisotopic (exact) mass is 557 g/mol. The quantitative estimate of drug-likeness (QED) is 0.418. The first-order valence-corrected chi connectivity index (χ1v) is 15.3. The van der Waals surface area contributed by atoms with E-state index >= 15 is 0 Å². The number of alkyl halides is 1. The average molecular weight is 558 g/mol. The van der Waals surface area contributed by atoms with Crippen molar-refractivity contribution in [2.45, 2.75) is 45.4 Å². The number of benzene rings is 1. The van der Waals surface area contributed by atoms with Crippen LogP contribution in [0.15, 0.2) is 30.6 Å². The van der Waals surface area contributed by atoms with Crippen LogP contribution in [-0.4, -0.2) is 85.7 Å². The number of piperidine rings is 1. The molecule has 0 saturated carbocycles. The Morgan fingerprint density at radius 1 is 1.13 bits per heavy atom. The van der Waals surface area contributed by atoms with Gasteiger partial charge >= 0.3 is 0 Å². The van der Waals surface area contributed by atoms with Gasteiger partial charge in [0, 0.05) is 55.7 Å². The maximum atomic E-state index is 14.4. The molecular formula is C27H36FN7O3S. The number of sulfone groups is 1. The van der Waals surface area contributed by atoms with Crippen molar-refractivity contribution in [3.8, 4) is 0 Å². The van der Waals surface area contributed by atoms with Crippen molar-refractivity contribution in [1.29, 1.82) is 0 Å². The highest BCUT2D eigenvalue weighted by Crippen LogP contribution is 2.37. The SMILES string of the molecule is CCS(=O)(=O)CC1CN(c2ccc(C(C)C)c3cc(Nc4cnnc(N5CC[C@H](OC)[C@H](F)C5)n4)ncc23)C1. The van der Waals surface area contributed by atoms with E-state index in [-0.39, 0.29) is 24.0 Å². The van der Waals surface area contributed by atoms with Gasteiger partial charge in [0.05, 0.1) is 24.6 Å². The Morgan fingerprint density at radius 2 is 1.92 bits per heavy atom. The van der Waals surface area contributed by atoms with Crippen molar-refractivity contribution in [2.75, 3.05) is 59.9 Å². The summed E-state index contributed by atoms with van der Waals surface area (Å²) in [5.74, 6) is 2.32. The first-order chi connectivity index (χ1) is 18.7. The molecule has 0 aliphatic carbocycles. The largest absolute Gasteiger partial charge is 0.378 e. The molecule has 1 aromatic carbocycles. The Labute approximate surface area is 228 Å². The van der Waals surface area contributed by atoms with E-state index in [0.717, 1.165) is 16.5 Å². The minimum atomic E-state index is -2.99. The standard InChI is InChI=1S/C27H36FN7O3S/c1-5-39(36,37)16-18-13-35(14-18)23-7-6-19(17(2)3)20-10-25(29-11-21(20)23)31-26-12-30-33-27(32-26)34-9-8-24(38-4)22(28)15-34/h6-7,10-12,17-18,22,24H,5,8-9,13-16H2,1-4H3,(H,29,31,32,33)/t22-,24+/m1/s1. The van der Waals surface area contributed by atoms with E-state index in [1.165, 1.54) is 18.9 Å². The van der Waals surface area contributed by atoms with E-state index in [1.807, 2.05) is 12.3 Å². The van der Waals surface area contributed by atoms with Gasteiger partial charge in [-0.1, -0.05) is 26.8 Å². The van der Waals surface area contributed by atoms with Crippen LogP contribution in [0.5, 0.6) is 0 Å². The number of methoxy groups -OCH3 is 1. The number of hydrogen-bond donors (Lipinski definition) is 1. The molecule has 2 aliphatic heterocycles. The molecule has 1 N–H and O–H groups in total. The highest BCUT2D eigenvalue weighted by atomic mass is 32.2. The molecule has 10 nitrogen and oxygen atoms in total. The minimum Gasteiger partial charge on any atom is -0.378 e. The zero-order valence-electron chi connectivity index (χ0n) is 22.8. The van der Waals surface area contributed by atoms with Crippen LogP contribution >= 0.6 is 0 Å². The molecule has 2 atom stereocenters. The van der Waals surface area contributed by atoms with E-state index < -0.39 is 22.1 Å². The summed E-state index contributed by atoms with van der Waals surface area (Å²) in [6.45, 7) is 8.17. The van der Waals surface area contributed by atoms with Gasteiger partial charge in [-0.15, -0.1) is 5.10 Å². The number of fused-ring (bicyclic) bond motifs is 1. The molecule has 2 aliphatic rings. The Kier molecular flexibility index (Phi) is 7.86. The molecule has 0 radical (unpaired) electrons. The van der Waals surface area contributed by atoms with Crippen LogP contribution in [0.1, 0.15) is 38.7 Å². The predicted octanol–water partition coefficient (Wildman–Crippen LogP) is 3.72. The second-order valence-corrected chi connectivity index (χ2v) is 13.1. The second kappa shape index (κ2) is 11.2. The number of nitrogens with one attached hydrogen (secondary N) is 1. The molecule has 39 heavy (non-hydrogen) atoms. The summed E-state index contributed by atoms with van der Waals surface area (Å²) in [5, 5.41) is 13.5. The lowest BCUT2D eigenvalue weighted by Gasteiger charge is -2.41. The molecule has 2 fully saturated rings. The second-order valence-electron chi connectivity index (χ2n) is 10.7. The molecule has 210 valence electrons. The third-order valence-corrected chi connectivity index (χ3v) is 9.49. The number of nitrogens with zero attached hydrogens (tertiary/aromatic N) is 6. The Morgan fingerprint density at radius 3 is 2.62 bits per heavy atom. The van der Waals surface area contributed by atoms with Crippen LogP contribution in [0.4, 0.5) is 27.7 Å². The van der Waals surface area contributed by atoms with Gasteiger partial charge < -0.3 is 19.9 Å². The molecule has 4 heterocycles. The number of aromatic nitrogens is 4. The van der Waals surface area contributed by atoms with Crippen LogP contribution in [-0.2, 0) is 14.6 Å². The molecule has 2 aromatic heterocycles. The third-order valence-electron chi connectivity index (χ3n) is 7.63. The fourth-order valence-electron chi connectivity index (χ4n) is 5.39. The fraction of sp³-hybridized carbons (Fsp3) is 0.556. The maximum Gasteiger partial charge on any atom is 0.247 e. The lowest BCUT2D eigenvalue weighted by Crippen LogP contribution is -2.49. The van der Waals surface area contributed by atoms with E-state index in [4.69, 9.17) is 4.74 Å². The topological polar surface area (TPSA) is 113 Å². The number of ether oxygens (including phenoxy) is 1. The van der Waals surface area contributed by atoms with Crippen LogP contribution < -0.4 is 15.1 Å². The van der Waals surface area contributed by atoms with E-state index in [9.17, 15) is 12.8 Å². The Bertz CT molecular complexity index is 1430. The minimum absolute atomic E-state index is 0.149. The number of hydrogen-bond acceptors (Lipinski definition) is 10. The lowest BCUT2D eigenvalue weighted by molar-refractivity contribution is 0.0194. The highest BCUT2D eigenvalue weighted by Gasteiger charge is 2.32. The number of pyridine rings is 1. The van der Waals surface area contributed by atoms with Crippen molar-refractivity contribution >= 4 is 43.9 Å². The molecule has 3 aromatic rings. The van der Waals surface area contributed by atoms with Gasteiger partial charge in [-0.3, -0.25) is 0 Å². The lowest BCUT2D eigenvalue weighted by atomic mass is 9.93. The van der Waals surface area contributed by atoms with Gasteiger partial charge in [0.2, 0.25) is 5.95 Å². The molecule has 12 heteroatoms. The summed E-state index contributed by atoms with van der Waals surface area (Å²) < 4.78 is 43.7. The van der Waals surface area contributed by atoms with Crippen molar-refractivity contribution < 1.29 is 17.5 Å². The predicted molar refractivity (Wildman–Crippen MR) is 151 cm³/mol. The number of rotatable bonds is 9. The molecule has 5 rings (SSSR count). The van der Waals surface area contributed by atoms with Gasteiger partial charge in [0.25, 0.3) is 0 Å². The van der Waals surface area contributed by atoms with E-state index in [0.29, 0.717) is 49.6 Å². The van der Waals surface area contributed by atoms with Gasteiger partial charge in [-0.2, -0.15) is 10.1 Å². The highest BCUT2D eigenvalue weighted by molar-refractivity contribution is 7.91. The molecule has 0 amide bonds. The van der Waals surface area contributed by atoms with Crippen LogP contribution in [0.25, 0.3) is 10.8 Å². The third kappa shape index (κ3) is 5.91. The summed E-state index contributed by atoms with van der Waals surface area (Å²) >= 11 is 0. The summed E-state index contributed by atoms with van der Waals surface area (Å²) in [7, 11) is -1.46. The summed E-state index contributed by atoms with van der Waals surface area (Å²) in [4.78, 5) is 13.2. The van der Waals surface area contributed by atoms with E-state index in [1.54, 1.807) is 11.8 Å². The van der Waals surface area contributed by atoms with Gasteiger partial charge in [0.1, 0.15) is 21.8 Å². The van der Waals surface area contributed by atoms with Gasteiger partial charge in [0.15, 0.2) is 5.82 Å². The van der Waals surface area contributed by atoms with Crippen molar-refractivity contribution in [2.24, 2.45) is 5.92 Å². The number of anilines is 4. The first-order valence-electron chi connectivity index (χ1n) is 13.4. The molecule has 2 saturated heterocycles. The Hall–Kier alpha value is -3.12. The summed E-state index contributed by atoms with van der Waals surface area (Å²) in [5.41, 5.74) is 2.26. The zero-order valence-corrected chi connectivity index (χ0v) is 23.7. The molecule has 0 bridgehead atoms. The summed E-state index contributed by atoms with van der Waals surface area (Å²) in [6.07, 6.45) is 2.40. The molecular weight excluding hydrogens is 521 g/mol. The van der Waals surface area contributed by atoms with Crippen LogP contribution in [0, 0.1) is 5.92 Å². The number of halogens is 1. The van der Waals surface area contributed by atoms with Crippen molar-refractivity contribution in [3.05, 3.63) is 36.2 Å². The summed E-state index contributed by atoms with van der Waals surface area (Å²) in [6, 6.07) is 6.27. The van der Waals surface area contributed by atoms with Gasteiger partial charge in [-0.25, -0.2) is 17.8 Å². The van der Waals surface area contributed by atoms with Crippen molar-refractivity contribution in [3.63, 3.8) is 0 Å². The molecule has 0 unspecified atom stereocenters. The van der Waals surface area contributed by atoms with E-state index in [2.05, 4.69) is 56.4 Å². The van der Waals surface area contributed by atoms with Gasteiger partial charge in [-0.05, 0) is 35.4 Å². The van der Waals surface area contributed by atoms with Crippen molar-refractivity contribution in [1.82, 2.24) is 20.2 Å². The fourth-order valence-corrected chi connectivity index (χ4v) is 6.56. The zero-order chi connectivity index (χ0) is 27.7. The molecule has 0 spiro atoms. The smallest absolute Gasteiger partial charge is 0.247 e. The van der Waals surface area contributed by atoms with Crippen LogP contribution in [0.2, 0.25) is 0 Å². The average Bonchev–Trinajstić information content (AvgIpc) is 2.90. The maximum absolute atomic E-state index is 14.4. The normalized spacial score (nSPS) is 20.5.